The van der Waals surface area contributed by atoms with E-state index in [0.717, 1.165) is 6.42 Å². The highest BCUT2D eigenvalue weighted by Gasteiger charge is 2.64. The summed E-state index contributed by atoms with van der Waals surface area (Å²) in [5, 5.41) is 13.0. The Kier molecular flexibility index (Phi) is 7.02. The molecule has 2 aliphatic rings. The number of rotatable bonds is 9. The Hall–Kier alpha value is -4.73. The van der Waals surface area contributed by atoms with Crippen LogP contribution in [0.5, 0.6) is 11.5 Å². The van der Waals surface area contributed by atoms with Gasteiger partial charge in [-0.25, -0.2) is 0 Å². The van der Waals surface area contributed by atoms with E-state index in [-0.39, 0.29) is 48.1 Å². The summed E-state index contributed by atoms with van der Waals surface area (Å²) < 4.78 is 5.75. The first-order valence-electron chi connectivity index (χ1n) is 12.7. The maximum Gasteiger partial charge on any atom is 0.251 e. The van der Waals surface area contributed by atoms with E-state index in [2.05, 4.69) is 22.5 Å². The van der Waals surface area contributed by atoms with E-state index < -0.39 is 6.04 Å². The molecule has 3 atom stereocenters. The van der Waals surface area contributed by atoms with Crippen molar-refractivity contribution in [2.45, 2.75) is 38.4 Å². The number of fused-ring (bicyclic) bond motifs is 1. The van der Waals surface area contributed by atoms with Crippen molar-refractivity contribution in [1.29, 1.82) is 5.41 Å². The number of hydrogen-bond acceptors (Lipinski definition) is 6. The van der Waals surface area contributed by atoms with Crippen molar-refractivity contribution in [2.24, 2.45) is 11.1 Å². The highest BCUT2D eigenvalue weighted by atomic mass is 16.5. The van der Waals surface area contributed by atoms with Gasteiger partial charge in [0.2, 0.25) is 11.8 Å². The molecule has 39 heavy (non-hydrogen) atoms. The van der Waals surface area contributed by atoms with Crippen molar-refractivity contribution in [3.63, 3.8) is 0 Å². The van der Waals surface area contributed by atoms with Gasteiger partial charge in [0, 0.05) is 23.4 Å². The van der Waals surface area contributed by atoms with Gasteiger partial charge >= 0.3 is 0 Å². The SMILES string of the molecule is CC12CC(C(=O)NCc3ccc(C(=N)N)cn3)N(C(=O)CNC(=O)c3ccc(Oc4ccccc4)cc3)C1C2. The molecule has 2 aromatic carbocycles. The smallest absolute Gasteiger partial charge is 0.251 e. The number of pyridine rings is 1. The quantitative estimate of drug-likeness (QED) is 0.249. The largest absolute Gasteiger partial charge is 0.457 e. The number of nitrogen functional groups attached to an aromatic ring is 1. The average molecular weight is 527 g/mol. The number of nitrogens with two attached hydrogens (primary N) is 1. The zero-order valence-electron chi connectivity index (χ0n) is 21.5. The molecular weight excluding hydrogens is 496 g/mol. The molecule has 5 rings (SSSR count). The van der Waals surface area contributed by atoms with Gasteiger partial charge in [0.1, 0.15) is 23.4 Å². The topological polar surface area (TPSA) is 150 Å². The van der Waals surface area contributed by atoms with Crippen LogP contribution in [-0.4, -0.2) is 52.1 Å². The van der Waals surface area contributed by atoms with Crippen LogP contribution in [0, 0.1) is 10.8 Å². The van der Waals surface area contributed by atoms with Crippen molar-refractivity contribution >= 4 is 23.6 Å². The maximum absolute atomic E-state index is 13.2. The Balaban J connectivity index is 1.15. The number of aromatic nitrogens is 1. The summed E-state index contributed by atoms with van der Waals surface area (Å²) in [6.45, 7) is 2.06. The molecule has 3 aromatic rings. The Labute approximate surface area is 226 Å². The van der Waals surface area contributed by atoms with Gasteiger partial charge in [-0.1, -0.05) is 25.1 Å². The van der Waals surface area contributed by atoms with Gasteiger partial charge in [-0.05, 0) is 66.8 Å². The number of carbonyl (C=O) groups excluding carboxylic acids is 3. The van der Waals surface area contributed by atoms with Crippen LogP contribution in [0.2, 0.25) is 0 Å². The Bertz CT molecular complexity index is 1390. The van der Waals surface area contributed by atoms with Crippen LogP contribution < -0.4 is 21.1 Å². The zero-order valence-corrected chi connectivity index (χ0v) is 21.5. The van der Waals surface area contributed by atoms with Gasteiger partial charge in [0.25, 0.3) is 5.91 Å². The summed E-state index contributed by atoms with van der Waals surface area (Å²) in [7, 11) is 0. The molecule has 10 nitrogen and oxygen atoms in total. The van der Waals surface area contributed by atoms with Crippen LogP contribution in [-0.2, 0) is 16.1 Å². The number of amides is 3. The summed E-state index contributed by atoms with van der Waals surface area (Å²) >= 11 is 0. The number of para-hydroxylation sites is 1. The number of benzene rings is 2. The summed E-state index contributed by atoms with van der Waals surface area (Å²) in [6, 6.07) is 18.7. The predicted octanol–water partition coefficient (Wildman–Crippen LogP) is 2.58. The number of ether oxygens (including phenoxy) is 1. The number of hydrogen-bond donors (Lipinski definition) is 4. The molecule has 1 saturated carbocycles. The summed E-state index contributed by atoms with van der Waals surface area (Å²) in [5.41, 5.74) is 6.89. The highest BCUT2D eigenvalue weighted by molar-refractivity contribution is 5.97. The normalized spacial score (nSPS) is 21.0. The molecule has 0 radical (unpaired) electrons. The lowest BCUT2D eigenvalue weighted by molar-refractivity contribution is -0.139. The molecule has 0 bridgehead atoms. The second kappa shape index (κ2) is 10.6. The number of nitrogens with zero attached hydrogens (tertiary/aromatic N) is 2. The average Bonchev–Trinajstić information content (AvgIpc) is 3.51. The van der Waals surface area contributed by atoms with Crippen molar-refractivity contribution < 1.29 is 19.1 Å². The third kappa shape index (κ3) is 5.74. The molecule has 1 aliphatic heterocycles. The zero-order chi connectivity index (χ0) is 27.6. The molecule has 3 unspecified atom stereocenters. The lowest BCUT2D eigenvalue weighted by atomic mass is 10.0. The number of likely N-dealkylation sites (tertiary alicyclic amines) is 1. The molecule has 5 N–H and O–H groups in total. The Morgan fingerprint density at radius 2 is 1.69 bits per heavy atom. The van der Waals surface area contributed by atoms with E-state index in [1.165, 1.54) is 6.20 Å². The van der Waals surface area contributed by atoms with E-state index in [4.69, 9.17) is 15.9 Å². The first kappa shape index (κ1) is 25.9. The van der Waals surface area contributed by atoms with Crippen LogP contribution >= 0.6 is 0 Å². The first-order valence-corrected chi connectivity index (χ1v) is 12.7. The first-order chi connectivity index (χ1) is 18.7. The fraction of sp³-hybridized carbons (Fsp3) is 0.276. The highest BCUT2D eigenvalue weighted by Crippen LogP contribution is 2.59. The molecule has 3 amide bonds. The Morgan fingerprint density at radius 1 is 1.00 bits per heavy atom. The molecule has 1 aliphatic carbocycles. The number of carbonyl (C=O) groups is 3. The standard InChI is InChI=1S/C29H30N6O4/c1-29-13-23(28(38)33-16-20-10-7-19(15-32-20)26(30)31)35(24(29)14-29)25(36)17-34-27(37)18-8-11-22(12-9-18)39-21-5-3-2-4-6-21/h2-12,15,23-24H,13-14,16-17H2,1H3,(H3,30,31)(H,33,38)(H,34,37). The predicted molar refractivity (Wildman–Crippen MR) is 144 cm³/mol. The minimum Gasteiger partial charge on any atom is -0.457 e. The lowest BCUT2D eigenvalue weighted by Gasteiger charge is -2.27. The fourth-order valence-electron chi connectivity index (χ4n) is 4.99. The molecule has 200 valence electrons. The van der Waals surface area contributed by atoms with Gasteiger partial charge in [-0.3, -0.25) is 24.8 Å². The van der Waals surface area contributed by atoms with E-state index in [0.29, 0.717) is 34.7 Å². The van der Waals surface area contributed by atoms with Crippen molar-refractivity contribution in [3.05, 3.63) is 89.7 Å². The van der Waals surface area contributed by atoms with Gasteiger partial charge in [0.05, 0.1) is 18.8 Å². The van der Waals surface area contributed by atoms with Crippen LogP contribution in [0.4, 0.5) is 0 Å². The van der Waals surface area contributed by atoms with Gasteiger partial charge in [-0.15, -0.1) is 0 Å². The maximum atomic E-state index is 13.2. The summed E-state index contributed by atoms with van der Waals surface area (Å²) in [5.74, 6) is 0.286. The fourth-order valence-corrected chi connectivity index (χ4v) is 4.99. The third-order valence-corrected chi connectivity index (χ3v) is 7.30. The van der Waals surface area contributed by atoms with Crippen LogP contribution in [0.25, 0.3) is 0 Å². The number of nitrogens with one attached hydrogen (secondary N) is 3. The molecule has 1 aromatic heterocycles. The number of piperidine rings is 1. The third-order valence-electron chi connectivity index (χ3n) is 7.30. The van der Waals surface area contributed by atoms with Gasteiger partial charge in [-0.2, -0.15) is 0 Å². The monoisotopic (exact) mass is 526 g/mol. The van der Waals surface area contributed by atoms with Gasteiger partial charge < -0.3 is 26.0 Å². The van der Waals surface area contributed by atoms with E-state index in [9.17, 15) is 14.4 Å². The molecular formula is C29H30N6O4. The van der Waals surface area contributed by atoms with E-state index in [1.54, 1.807) is 41.3 Å². The Morgan fingerprint density at radius 3 is 2.36 bits per heavy atom. The lowest BCUT2D eigenvalue weighted by Crippen LogP contribution is -2.50. The minimum atomic E-state index is -0.607. The van der Waals surface area contributed by atoms with Crippen molar-refractivity contribution in [1.82, 2.24) is 20.5 Å². The van der Waals surface area contributed by atoms with Crippen LogP contribution in [0.3, 0.4) is 0 Å². The van der Waals surface area contributed by atoms with E-state index in [1.807, 2.05) is 30.3 Å². The second-order valence-corrected chi connectivity index (χ2v) is 10.2. The second-order valence-electron chi connectivity index (χ2n) is 10.2. The summed E-state index contributed by atoms with van der Waals surface area (Å²) in [6.07, 6.45) is 2.90. The molecule has 10 heteroatoms. The molecule has 2 heterocycles. The van der Waals surface area contributed by atoms with E-state index >= 15 is 0 Å². The van der Waals surface area contributed by atoms with Crippen LogP contribution in [0.1, 0.15) is 41.4 Å². The van der Waals surface area contributed by atoms with Crippen molar-refractivity contribution in [2.75, 3.05) is 6.54 Å². The molecule has 2 fully saturated rings. The molecule has 1 saturated heterocycles. The van der Waals surface area contributed by atoms with Crippen molar-refractivity contribution in [3.8, 4) is 11.5 Å². The van der Waals surface area contributed by atoms with Crippen LogP contribution in [0.15, 0.2) is 72.9 Å². The summed E-state index contributed by atoms with van der Waals surface area (Å²) in [4.78, 5) is 44.8. The number of amidine groups is 1. The molecule has 0 spiro atoms. The minimum absolute atomic E-state index is 0.0138. The van der Waals surface area contributed by atoms with Gasteiger partial charge in [0.15, 0.2) is 0 Å².